The lowest BCUT2D eigenvalue weighted by atomic mass is 10.1. The van der Waals surface area contributed by atoms with Crippen molar-refractivity contribution < 1.29 is 9.53 Å². The Bertz CT molecular complexity index is 494. The molecule has 0 radical (unpaired) electrons. The van der Waals surface area contributed by atoms with Crippen molar-refractivity contribution in [1.82, 2.24) is 15.1 Å². The minimum Gasteiger partial charge on any atom is -0.383 e. The first-order chi connectivity index (χ1) is 11.3. The van der Waals surface area contributed by atoms with Crippen LogP contribution in [-0.2, 0) is 4.74 Å². The molecule has 3 rings (SSSR count). The van der Waals surface area contributed by atoms with Crippen molar-refractivity contribution in [3.8, 4) is 0 Å². The average molecular weight is 337 g/mol. The number of urea groups is 1. The summed E-state index contributed by atoms with van der Waals surface area (Å²) in [6, 6.07) is 4.60. The highest BCUT2D eigenvalue weighted by atomic mass is 32.1. The van der Waals surface area contributed by atoms with Crippen LogP contribution in [0.25, 0.3) is 0 Å². The maximum absolute atomic E-state index is 12.5. The molecule has 2 unspecified atom stereocenters. The van der Waals surface area contributed by atoms with Gasteiger partial charge < -0.3 is 19.9 Å². The van der Waals surface area contributed by atoms with Crippen LogP contribution in [0.3, 0.4) is 0 Å². The summed E-state index contributed by atoms with van der Waals surface area (Å²) in [6.45, 7) is 5.63. The summed E-state index contributed by atoms with van der Waals surface area (Å²) >= 11 is 1.75. The van der Waals surface area contributed by atoms with Crippen LogP contribution in [0.4, 0.5) is 4.79 Å². The molecular weight excluding hydrogens is 310 g/mol. The Balaban J connectivity index is 1.44. The zero-order valence-corrected chi connectivity index (χ0v) is 14.7. The van der Waals surface area contributed by atoms with E-state index in [0.717, 1.165) is 52.2 Å². The second-order valence-corrected chi connectivity index (χ2v) is 7.48. The fourth-order valence-corrected chi connectivity index (χ4v) is 4.50. The lowest BCUT2D eigenvalue weighted by Gasteiger charge is -2.25. The molecule has 2 aliphatic rings. The number of carbonyl (C=O) groups excluding carboxylic acids is 1. The SMILES string of the molecule is COCCN1CCC(CNC(=O)N2CCCC2c2cccs2)C1. The van der Waals surface area contributed by atoms with E-state index in [1.54, 1.807) is 18.4 Å². The van der Waals surface area contributed by atoms with E-state index in [1.165, 1.54) is 11.3 Å². The molecule has 0 aromatic carbocycles. The summed E-state index contributed by atoms with van der Waals surface area (Å²) in [6.07, 6.45) is 3.35. The van der Waals surface area contributed by atoms with Crippen LogP contribution in [-0.4, -0.2) is 62.3 Å². The van der Waals surface area contributed by atoms with Crippen LogP contribution < -0.4 is 5.32 Å². The molecule has 0 bridgehead atoms. The van der Waals surface area contributed by atoms with Crippen molar-refractivity contribution in [2.24, 2.45) is 5.92 Å². The van der Waals surface area contributed by atoms with E-state index in [1.807, 2.05) is 4.90 Å². The molecule has 1 aromatic rings. The molecule has 0 aliphatic carbocycles. The number of likely N-dealkylation sites (tertiary alicyclic amines) is 2. The first-order valence-corrected chi connectivity index (χ1v) is 9.45. The first-order valence-electron chi connectivity index (χ1n) is 8.57. The Kier molecular flexibility index (Phi) is 5.91. The number of hydrogen-bond acceptors (Lipinski definition) is 4. The van der Waals surface area contributed by atoms with Gasteiger partial charge >= 0.3 is 6.03 Å². The van der Waals surface area contributed by atoms with Gasteiger partial charge in [-0.15, -0.1) is 11.3 Å². The number of hydrogen-bond donors (Lipinski definition) is 1. The summed E-state index contributed by atoms with van der Waals surface area (Å²) in [5, 5.41) is 5.26. The van der Waals surface area contributed by atoms with Crippen LogP contribution >= 0.6 is 11.3 Å². The van der Waals surface area contributed by atoms with Gasteiger partial charge in [0.1, 0.15) is 0 Å². The molecule has 1 N–H and O–H groups in total. The number of carbonyl (C=O) groups is 1. The summed E-state index contributed by atoms with van der Waals surface area (Å²) in [5.41, 5.74) is 0. The molecule has 2 atom stereocenters. The molecule has 5 nitrogen and oxygen atoms in total. The molecule has 2 saturated heterocycles. The van der Waals surface area contributed by atoms with Gasteiger partial charge in [0.25, 0.3) is 0 Å². The lowest BCUT2D eigenvalue weighted by Crippen LogP contribution is -2.41. The molecule has 0 spiro atoms. The predicted octanol–water partition coefficient (Wildman–Crippen LogP) is 2.56. The Hall–Kier alpha value is -1.11. The van der Waals surface area contributed by atoms with E-state index >= 15 is 0 Å². The molecule has 128 valence electrons. The highest BCUT2D eigenvalue weighted by Crippen LogP contribution is 2.34. The van der Waals surface area contributed by atoms with Crippen LogP contribution in [0.1, 0.15) is 30.2 Å². The van der Waals surface area contributed by atoms with Gasteiger partial charge in [-0.2, -0.15) is 0 Å². The van der Waals surface area contributed by atoms with E-state index in [9.17, 15) is 4.79 Å². The molecular formula is C17H27N3O2S. The quantitative estimate of drug-likeness (QED) is 0.868. The number of methoxy groups -OCH3 is 1. The van der Waals surface area contributed by atoms with Gasteiger partial charge in [-0.25, -0.2) is 4.79 Å². The van der Waals surface area contributed by atoms with E-state index < -0.39 is 0 Å². The summed E-state index contributed by atoms with van der Waals surface area (Å²) in [5.74, 6) is 0.568. The largest absolute Gasteiger partial charge is 0.383 e. The zero-order chi connectivity index (χ0) is 16.1. The van der Waals surface area contributed by atoms with E-state index in [0.29, 0.717) is 5.92 Å². The Morgan fingerprint density at radius 2 is 2.35 bits per heavy atom. The van der Waals surface area contributed by atoms with Gasteiger partial charge in [0, 0.05) is 38.2 Å². The third-order valence-corrected chi connectivity index (χ3v) is 5.88. The maximum Gasteiger partial charge on any atom is 0.317 e. The molecule has 3 heterocycles. The fraction of sp³-hybridized carbons (Fsp3) is 0.706. The molecule has 2 fully saturated rings. The third-order valence-electron chi connectivity index (χ3n) is 4.91. The standard InChI is InChI=1S/C17H27N3O2S/c1-22-10-9-19-8-6-14(13-19)12-18-17(21)20-7-2-4-15(20)16-5-3-11-23-16/h3,5,11,14-15H,2,4,6-10,12-13H2,1H3,(H,18,21). The smallest absolute Gasteiger partial charge is 0.317 e. The van der Waals surface area contributed by atoms with Gasteiger partial charge in [-0.1, -0.05) is 6.07 Å². The van der Waals surface area contributed by atoms with Crippen molar-refractivity contribution in [2.75, 3.05) is 46.4 Å². The topological polar surface area (TPSA) is 44.8 Å². The maximum atomic E-state index is 12.5. The van der Waals surface area contributed by atoms with E-state index in [2.05, 4.69) is 27.7 Å². The number of amides is 2. The number of ether oxygens (including phenoxy) is 1. The van der Waals surface area contributed by atoms with E-state index in [4.69, 9.17) is 4.74 Å². The van der Waals surface area contributed by atoms with Crippen LogP contribution in [0.2, 0.25) is 0 Å². The van der Waals surface area contributed by atoms with Crippen molar-refractivity contribution in [2.45, 2.75) is 25.3 Å². The monoisotopic (exact) mass is 337 g/mol. The number of thiophene rings is 1. The molecule has 1 aromatic heterocycles. The predicted molar refractivity (Wildman–Crippen MR) is 92.8 cm³/mol. The summed E-state index contributed by atoms with van der Waals surface area (Å²) in [7, 11) is 1.74. The Labute approximate surface area is 142 Å². The van der Waals surface area contributed by atoms with Gasteiger partial charge in [0.15, 0.2) is 0 Å². The van der Waals surface area contributed by atoms with Gasteiger partial charge in [-0.05, 0) is 43.2 Å². The first kappa shape index (κ1) is 16.7. The van der Waals surface area contributed by atoms with Crippen LogP contribution in [0, 0.1) is 5.92 Å². The summed E-state index contributed by atoms with van der Waals surface area (Å²) in [4.78, 5) is 18.3. The van der Waals surface area contributed by atoms with Crippen molar-refractivity contribution in [3.63, 3.8) is 0 Å². The molecule has 23 heavy (non-hydrogen) atoms. The van der Waals surface area contributed by atoms with Gasteiger partial charge in [-0.3, -0.25) is 0 Å². The highest BCUT2D eigenvalue weighted by Gasteiger charge is 2.31. The second kappa shape index (κ2) is 8.13. The molecule has 0 saturated carbocycles. The second-order valence-electron chi connectivity index (χ2n) is 6.50. The summed E-state index contributed by atoms with van der Waals surface area (Å²) < 4.78 is 5.13. The van der Waals surface area contributed by atoms with Gasteiger partial charge in [0.05, 0.1) is 12.6 Å². The zero-order valence-electron chi connectivity index (χ0n) is 13.9. The minimum absolute atomic E-state index is 0.108. The number of nitrogens with one attached hydrogen (secondary N) is 1. The molecule has 2 amide bonds. The third kappa shape index (κ3) is 4.25. The molecule has 6 heteroatoms. The van der Waals surface area contributed by atoms with Crippen LogP contribution in [0.15, 0.2) is 17.5 Å². The fourth-order valence-electron chi connectivity index (χ4n) is 3.62. The Morgan fingerprint density at radius 1 is 1.43 bits per heavy atom. The number of rotatable bonds is 6. The van der Waals surface area contributed by atoms with Crippen molar-refractivity contribution >= 4 is 17.4 Å². The van der Waals surface area contributed by atoms with Crippen molar-refractivity contribution in [3.05, 3.63) is 22.4 Å². The van der Waals surface area contributed by atoms with Crippen molar-refractivity contribution in [1.29, 1.82) is 0 Å². The number of nitrogens with zero attached hydrogens (tertiary/aromatic N) is 2. The van der Waals surface area contributed by atoms with Crippen LogP contribution in [0.5, 0.6) is 0 Å². The average Bonchev–Trinajstić information content (AvgIpc) is 3.31. The van der Waals surface area contributed by atoms with Gasteiger partial charge in [0.2, 0.25) is 0 Å². The molecule has 2 aliphatic heterocycles. The lowest BCUT2D eigenvalue weighted by molar-refractivity contribution is 0.158. The normalized spacial score (nSPS) is 25.2. The highest BCUT2D eigenvalue weighted by molar-refractivity contribution is 7.10. The van der Waals surface area contributed by atoms with E-state index in [-0.39, 0.29) is 12.1 Å². The Morgan fingerprint density at radius 3 is 3.13 bits per heavy atom. The minimum atomic E-state index is 0.108.